The number of benzene rings is 1. The first-order chi connectivity index (χ1) is 9.42. The Balaban J connectivity index is 2.30. The highest BCUT2D eigenvalue weighted by molar-refractivity contribution is 9.10. The average Bonchev–Trinajstić information content (AvgIpc) is 2.72. The molecule has 2 rings (SSSR count). The van der Waals surface area contributed by atoms with Gasteiger partial charge in [-0.05, 0) is 24.6 Å². The van der Waals surface area contributed by atoms with Crippen LogP contribution in [-0.2, 0) is 9.59 Å². The Hall–Kier alpha value is -1.01. The second-order valence-electron chi connectivity index (χ2n) is 4.71. The van der Waals surface area contributed by atoms with Crippen molar-refractivity contribution in [1.82, 2.24) is 0 Å². The van der Waals surface area contributed by atoms with Gasteiger partial charge in [0.2, 0.25) is 5.91 Å². The Morgan fingerprint density at radius 2 is 2.20 bits per heavy atom. The maximum absolute atomic E-state index is 12.2. The summed E-state index contributed by atoms with van der Waals surface area (Å²) >= 11 is 4.69. The van der Waals surface area contributed by atoms with Crippen LogP contribution in [0.25, 0.3) is 0 Å². The van der Waals surface area contributed by atoms with Crippen molar-refractivity contribution in [3.63, 3.8) is 0 Å². The Morgan fingerprint density at radius 1 is 1.50 bits per heavy atom. The number of methoxy groups -OCH3 is 1. The highest BCUT2D eigenvalue weighted by Gasteiger charge is 2.33. The van der Waals surface area contributed by atoms with Crippen LogP contribution in [0.3, 0.4) is 0 Å². The van der Waals surface area contributed by atoms with Gasteiger partial charge in [0.1, 0.15) is 5.75 Å². The number of carbonyl (C=O) groups excluding carboxylic acids is 2. The number of ether oxygens (including phenoxy) is 1. The number of aryl methyl sites for hydroxylation is 1. The minimum Gasteiger partial charge on any atom is -0.495 e. The molecule has 1 heterocycles. The zero-order chi connectivity index (χ0) is 14.9. The smallest absolute Gasteiger partial charge is 0.228 e. The fraction of sp³-hybridized carbons (Fsp3) is 0.429. The molecule has 0 aromatic heterocycles. The number of halogens is 1. The first kappa shape index (κ1) is 15.4. The summed E-state index contributed by atoms with van der Waals surface area (Å²) in [7, 11) is 1.59. The van der Waals surface area contributed by atoms with Crippen molar-refractivity contribution in [2.24, 2.45) is 0 Å². The van der Waals surface area contributed by atoms with Gasteiger partial charge in [-0.2, -0.15) is 0 Å². The lowest BCUT2D eigenvalue weighted by Crippen LogP contribution is -2.25. The lowest BCUT2D eigenvalue weighted by Gasteiger charge is -2.20. The van der Waals surface area contributed by atoms with Crippen LogP contribution >= 0.6 is 27.7 Å². The number of anilines is 1. The number of amides is 1. The average molecular weight is 358 g/mol. The van der Waals surface area contributed by atoms with Gasteiger partial charge >= 0.3 is 0 Å². The summed E-state index contributed by atoms with van der Waals surface area (Å²) in [5, 5.41) is 0.0669. The van der Waals surface area contributed by atoms with E-state index < -0.39 is 0 Å². The maximum Gasteiger partial charge on any atom is 0.228 e. The standard InChI is InChI=1S/C14H16BrNO3S/c1-8-4-12(13(19-3)6-11(8)15)16-7-10(5-14(16)18)20-9(2)17/h4,6,10H,5,7H2,1-3H3. The molecule has 0 saturated carbocycles. The molecule has 1 saturated heterocycles. The zero-order valence-electron chi connectivity index (χ0n) is 11.6. The third-order valence-electron chi connectivity index (χ3n) is 3.17. The molecule has 1 unspecified atom stereocenters. The molecular weight excluding hydrogens is 342 g/mol. The van der Waals surface area contributed by atoms with E-state index in [1.54, 1.807) is 12.0 Å². The lowest BCUT2D eigenvalue weighted by atomic mass is 10.2. The number of carbonyl (C=O) groups is 2. The number of nitrogens with zero attached hydrogens (tertiary/aromatic N) is 1. The molecule has 108 valence electrons. The summed E-state index contributed by atoms with van der Waals surface area (Å²) in [4.78, 5) is 25.0. The van der Waals surface area contributed by atoms with E-state index in [4.69, 9.17) is 4.74 Å². The normalized spacial score (nSPS) is 18.5. The van der Waals surface area contributed by atoms with Crippen LogP contribution in [0.5, 0.6) is 5.75 Å². The third-order valence-corrected chi connectivity index (χ3v) is 5.01. The first-order valence-electron chi connectivity index (χ1n) is 6.24. The molecular formula is C14H16BrNO3S. The Bertz CT molecular complexity index is 562. The van der Waals surface area contributed by atoms with Crippen LogP contribution in [0.4, 0.5) is 5.69 Å². The fourth-order valence-electron chi connectivity index (χ4n) is 2.24. The van der Waals surface area contributed by atoms with E-state index in [0.29, 0.717) is 18.7 Å². The molecule has 0 spiro atoms. The van der Waals surface area contributed by atoms with Gasteiger partial charge in [-0.3, -0.25) is 9.59 Å². The molecule has 0 N–H and O–H groups in total. The Labute approximate surface area is 131 Å². The second-order valence-corrected chi connectivity index (χ2v) is 7.04. The van der Waals surface area contributed by atoms with Crippen LogP contribution in [0.15, 0.2) is 16.6 Å². The molecule has 1 atom stereocenters. The number of hydrogen-bond donors (Lipinski definition) is 0. The fourth-order valence-corrected chi connectivity index (χ4v) is 3.49. The molecule has 1 amide bonds. The van der Waals surface area contributed by atoms with Crippen molar-refractivity contribution < 1.29 is 14.3 Å². The molecule has 0 aliphatic carbocycles. The molecule has 1 aromatic carbocycles. The van der Waals surface area contributed by atoms with Crippen molar-refractivity contribution in [2.45, 2.75) is 25.5 Å². The molecule has 6 heteroatoms. The van der Waals surface area contributed by atoms with Gasteiger partial charge in [0.25, 0.3) is 0 Å². The molecule has 1 fully saturated rings. The highest BCUT2D eigenvalue weighted by Crippen LogP contribution is 2.37. The van der Waals surface area contributed by atoms with Gasteiger partial charge in [-0.25, -0.2) is 0 Å². The van der Waals surface area contributed by atoms with Crippen molar-refractivity contribution in [1.29, 1.82) is 0 Å². The van der Waals surface area contributed by atoms with Crippen LogP contribution in [0.2, 0.25) is 0 Å². The Kier molecular flexibility index (Phi) is 4.75. The first-order valence-corrected chi connectivity index (χ1v) is 7.91. The van der Waals surface area contributed by atoms with Crippen molar-refractivity contribution >= 4 is 44.4 Å². The van der Waals surface area contributed by atoms with E-state index in [1.807, 2.05) is 19.1 Å². The topological polar surface area (TPSA) is 46.6 Å². The van der Waals surface area contributed by atoms with Gasteiger partial charge in [0, 0.05) is 29.6 Å². The minimum absolute atomic E-state index is 0.0219. The summed E-state index contributed by atoms with van der Waals surface area (Å²) in [6.07, 6.45) is 0.391. The van der Waals surface area contributed by atoms with Crippen molar-refractivity contribution in [3.05, 3.63) is 22.2 Å². The van der Waals surface area contributed by atoms with Crippen LogP contribution < -0.4 is 9.64 Å². The SMILES string of the molecule is COc1cc(Br)c(C)cc1N1CC(SC(C)=O)CC1=O. The second kappa shape index (κ2) is 6.18. The molecule has 0 radical (unpaired) electrons. The van der Waals surface area contributed by atoms with Gasteiger partial charge in [-0.1, -0.05) is 27.7 Å². The molecule has 20 heavy (non-hydrogen) atoms. The molecule has 1 aliphatic rings. The van der Waals surface area contributed by atoms with Crippen LogP contribution in [0, 0.1) is 6.92 Å². The molecule has 1 aromatic rings. The van der Waals surface area contributed by atoms with E-state index in [9.17, 15) is 9.59 Å². The van der Waals surface area contributed by atoms with Gasteiger partial charge in [0.05, 0.1) is 12.8 Å². The van der Waals surface area contributed by atoms with Gasteiger partial charge in [0.15, 0.2) is 5.12 Å². The van der Waals surface area contributed by atoms with Crippen molar-refractivity contribution in [3.8, 4) is 5.75 Å². The number of hydrogen-bond acceptors (Lipinski definition) is 4. The Morgan fingerprint density at radius 3 is 2.80 bits per heavy atom. The third kappa shape index (κ3) is 3.17. The summed E-state index contributed by atoms with van der Waals surface area (Å²) < 4.78 is 6.30. The molecule has 4 nitrogen and oxygen atoms in total. The van der Waals surface area contributed by atoms with Gasteiger partial charge in [-0.15, -0.1) is 0 Å². The molecule has 1 aliphatic heterocycles. The quantitative estimate of drug-likeness (QED) is 0.833. The highest BCUT2D eigenvalue weighted by atomic mass is 79.9. The van der Waals surface area contributed by atoms with Crippen molar-refractivity contribution in [2.75, 3.05) is 18.6 Å². The maximum atomic E-state index is 12.2. The zero-order valence-corrected chi connectivity index (χ0v) is 14.0. The summed E-state index contributed by atoms with van der Waals surface area (Å²) in [6, 6.07) is 3.80. The van der Waals surface area contributed by atoms with Crippen LogP contribution in [0.1, 0.15) is 18.9 Å². The number of thioether (sulfide) groups is 1. The van der Waals surface area contributed by atoms with Crippen LogP contribution in [-0.4, -0.2) is 29.9 Å². The monoisotopic (exact) mass is 357 g/mol. The lowest BCUT2D eigenvalue weighted by molar-refractivity contribution is -0.117. The number of rotatable bonds is 3. The van der Waals surface area contributed by atoms with E-state index in [2.05, 4.69) is 15.9 Å². The van der Waals surface area contributed by atoms with Gasteiger partial charge < -0.3 is 9.64 Å². The predicted octanol–water partition coefficient (Wildman–Crippen LogP) is 3.15. The minimum atomic E-state index is 0.0219. The molecule has 0 bridgehead atoms. The summed E-state index contributed by atoms with van der Waals surface area (Å²) in [6.45, 7) is 4.04. The van der Waals surface area contributed by atoms with E-state index >= 15 is 0 Å². The van der Waals surface area contributed by atoms with E-state index in [1.165, 1.54) is 18.7 Å². The summed E-state index contributed by atoms with van der Waals surface area (Å²) in [5.74, 6) is 0.688. The van der Waals surface area contributed by atoms with E-state index in [-0.39, 0.29) is 16.3 Å². The summed E-state index contributed by atoms with van der Waals surface area (Å²) in [5.41, 5.74) is 1.81. The predicted molar refractivity (Wildman–Crippen MR) is 84.5 cm³/mol. The van der Waals surface area contributed by atoms with E-state index in [0.717, 1.165) is 15.7 Å². The largest absolute Gasteiger partial charge is 0.495 e.